The molecule has 0 saturated carbocycles. The number of hydrogen-bond acceptors (Lipinski definition) is 5. The van der Waals surface area contributed by atoms with Crippen molar-refractivity contribution in [2.75, 3.05) is 19.6 Å². The van der Waals surface area contributed by atoms with E-state index in [4.69, 9.17) is 8.53 Å². The van der Waals surface area contributed by atoms with E-state index >= 15 is 0 Å². The quantitative estimate of drug-likeness (QED) is 0.148. The van der Waals surface area contributed by atoms with Crippen LogP contribution >= 0.6 is 0 Å². The van der Waals surface area contributed by atoms with Crippen molar-refractivity contribution in [3.63, 3.8) is 0 Å². The Kier molecular flexibility index (Phi) is 6.05. The van der Waals surface area contributed by atoms with Gasteiger partial charge < -0.3 is 28.6 Å². The van der Waals surface area contributed by atoms with Crippen molar-refractivity contribution in [1.29, 1.82) is 0 Å². The van der Waals surface area contributed by atoms with Crippen LogP contribution in [0.1, 0.15) is 157 Å². The van der Waals surface area contributed by atoms with E-state index in [-0.39, 0.29) is 33.0 Å². The average molecular weight is 1190 g/mol. The van der Waals surface area contributed by atoms with Gasteiger partial charge in [-0.15, -0.1) is 0 Å². The highest BCUT2D eigenvalue weighted by Gasteiger charge is 2.47. The Balaban J connectivity index is 1.28. The normalized spacial score (nSPS) is 19.5. The predicted molar refractivity (Wildman–Crippen MR) is 380 cm³/mol. The van der Waals surface area contributed by atoms with E-state index in [0.717, 1.165) is 9.47 Å². The van der Waals surface area contributed by atoms with E-state index < -0.39 is 381 Å². The first kappa shape index (κ1) is 27.8. The molecule has 0 atom stereocenters. The third-order valence-electron chi connectivity index (χ3n) is 16.0. The Bertz CT molecular complexity index is 7130. The van der Waals surface area contributed by atoms with Gasteiger partial charge in [0, 0.05) is 61.7 Å². The summed E-state index contributed by atoms with van der Waals surface area (Å²) in [6.07, 6.45) is 0. The van der Waals surface area contributed by atoms with Crippen molar-refractivity contribution in [3.05, 3.63) is 252 Å². The van der Waals surface area contributed by atoms with Crippen LogP contribution in [0, 0.1) is 0 Å². The zero-order chi connectivity index (χ0) is 94.3. The number of anilines is 12. The van der Waals surface area contributed by atoms with Crippen LogP contribution in [-0.4, -0.2) is 11.3 Å². The SMILES string of the molecule is [2H]c1c([2H])c([2H])c(N(c2c([2H])c([2H])c([2H])c([2H])c2[2H])c2c([2H])c3c4c(c2[2H])N2c5c(c([2H])c([2H])c([2H])c5-n5c6c([2H])c([2H])c(C(C)(C)C)c([2H])c6c6c([2H])c(C(C)(C)C)c([2H])c2c65)B4c2c([2H])c([2H])c(N(c4c([2H])c([2H])c(C(C)(C)C)c([2H])c4[2H])c4c([2H])c([2H])c(C(C)(C)C)c([2H])c4[2H])c([2H])c2N3c2c([2H])c([2H])c([2H])c3oc4c([2H])c([2H])c([2H])c([2H])c4c23)c([2H])c1[2H]. The number of hydrogen-bond donors (Lipinski definition) is 0. The van der Waals surface area contributed by atoms with Crippen molar-refractivity contribution in [1.82, 2.24) is 4.57 Å². The van der Waals surface area contributed by atoms with Crippen LogP contribution in [-0.2, 0) is 21.7 Å². The van der Waals surface area contributed by atoms with Crippen LogP contribution in [0.15, 0.2) is 234 Å². The summed E-state index contributed by atoms with van der Waals surface area (Å²) in [7, 11) is 0. The number of fused-ring (bicyclic) bond motifs is 12. The van der Waals surface area contributed by atoms with Gasteiger partial charge in [0.15, 0.2) is 0 Å². The van der Waals surface area contributed by atoms with Crippen LogP contribution < -0.4 is 36.0 Å². The molecule has 11 aromatic carbocycles. The minimum Gasteiger partial charge on any atom is -0.456 e. The maximum Gasteiger partial charge on any atom is 0.252 e. The first-order valence-electron chi connectivity index (χ1n) is 47.6. The van der Waals surface area contributed by atoms with Crippen molar-refractivity contribution < 1.29 is 56.5 Å². The number of rotatable bonds is 7. The standard InChI is InChI=1S/C82H74BN5O/c1-79(2,3)51-33-38-57(39-34-51)84(58-40-35-52(36-41-58)80(4,5)6)59-42-43-64-69(48-59)86(67-29-22-32-74-75(67)61-27-19-20-31-73(61)89-74)70-49-60(85(55-23-15-13-16-24-55)56-25-17-14-18-26-56)50-71-76(70)83(64)65-28-21-30-68-78(65)88(71)72-47-54(82(10,11)12)46-63-62-45-53(81(7,8)9)37-44-66(62)87(68)77(63)72/h13-50H,1-12H3/i13D,14D,15D,16D,17D,18D,19D,20D,21D,22D,23D,24D,25D,26D,27D,28D,29D,30D,31D,32D,33D,34D,35D,36D,37D,38D,39D,40D,41D,42D,43D,44D,45D,46D,47D,48D,49D,50D. The first-order valence-corrected chi connectivity index (χ1v) is 28.6. The summed E-state index contributed by atoms with van der Waals surface area (Å²) in [5.41, 5.74) is -23.7. The topological polar surface area (TPSA) is 31.0 Å². The molecule has 0 fully saturated rings. The molecule has 0 amide bonds. The molecule has 0 spiro atoms. The molecule has 0 N–H and O–H groups in total. The zero-order valence-electron chi connectivity index (χ0n) is 88.2. The van der Waals surface area contributed by atoms with E-state index in [1.54, 1.807) is 83.1 Å². The summed E-state index contributed by atoms with van der Waals surface area (Å²) in [5.74, 6) is 0. The molecule has 2 aromatic heterocycles. The summed E-state index contributed by atoms with van der Waals surface area (Å²) < 4.78 is 390. The van der Waals surface area contributed by atoms with Crippen LogP contribution in [0.25, 0.3) is 49.4 Å². The molecule has 0 aliphatic carbocycles. The Labute approximate surface area is 577 Å². The highest BCUT2D eigenvalue weighted by molar-refractivity contribution is 7.00. The van der Waals surface area contributed by atoms with Gasteiger partial charge in [-0.25, -0.2) is 0 Å². The Hall–Kier alpha value is -9.72. The molecular formula is C82H74BN5O. The lowest BCUT2D eigenvalue weighted by atomic mass is 9.33. The highest BCUT2D eigenvalue weighted by Crippen LogP contribution is 2.56. The zero-order valence-corrected chi connectivity index (χ0v) is 50.2. The molecule has 0 saturated heterocycles. The summed E-state index contributed by atoms with van der Waals surface area (Å²) in [4.78, 5) is 2.55. The molecule has 5 heterocycles. The van der Waals surface area contributed by atoms with Crippen molar-refractivity contribution in [2.45, 2.75) is 105 Å². The minimum absolute atomic E-state index is 0.0527. The third kappa shape index (κ3) is 8.52. The molecule has 16 rings (SSSR count). The second-order valence-corrected chi connectivity index (χ2v) is 26.1. The van der Waals surface area contributed by atoms with Crippen molar-refractivity contribution in [3.8, 4) is 5.69 Å². The number of nitrogens with zero attached hydrogens (tertiary/aromatic N) is 5. The molecule has 89 heavy (non-hydrogen) atoms. The fourth-order valence-electron chi connectivity index (χ4n) is 11.6. The molecule has 13 aromatic rings. The largest absolute Gasteiger partial charge is 0.456 e. The molecule has 0 unspecified atom stereocenters. The highest BCUT2D eigenvalue weighted by atomic mass is 16.3. The van der Waals surface area contributed by atoms with E-state index in [2.05, 4.69) is 0 Å². The second kappa shape index (κ2) is 19.4. The molecule has 0 bridgehead atoms. The van der Waals surface area contributed by atoms with Gasteiger partial charge in [-0.3, -0.25) is 0 Å². The Morgan fingerprint density at radius 2 is 0.854 bits per heavy atom. The second-order valence-electron chi connectivity index (χ2n) is 26.1. The summed E-state index contributed by atoms with van der Waals surface area (Å²) >= 11 is 0. The maximum absolute atomic E-state index is 11.7. The lowest BCUT2D eigenvalue weighted by molar-refractivity contribution is 0.590. The molecule has 3 aliphatic rings. The van der Waals surface area contributed by atoms with Gasteiger partial charge in [-0.2, -0.15) is 0 Å². The summed E-state index contributed by atoms with van der Waals surface area (Å²) in [5, 5.41) is -2.12. The third-order valence-corrected chi connectivity index (χ3v) is 16.0. The lowest BCUT2D eigenvalue weighted by Gasteiger charge is -2.47. The molecule has 436 valence electrons. The van der Waals surface area contributed by atoms with Gasteiger partial charge in [0.1, 0.15) is 11.2 Å². The number of para-hydroxylation sites is 4. The fraction of sp³-hybridized carbons (Fsp3) is 0.195. The van der Waals surface area contributed by atoms with Gasteiger partial charge >= 0.3 is 0 Å². The van der Waals surface area contributed by atoms with Crippen molar-refractivity contribution >= 4 is 135 Å². The number of aromatic nitrogens is 1. The van der Waals surface area contributed by atoms with Crippen LogP contribution in [0.3, 0.4) is 0 Å². The van der Waals surface area contributed by atoms with Crippen LogP contribution in [0.4, 0.5) is 68.2 Å². The molecule has 6 nitrogen and oxygen atoms in total. The lowest BCUT2D eigenvalue weighted by Crippen LogP contribution is -2.61. The smallest absolute Gasteiger partial charge is 0.252 e. The molecule has 3 aliphatic heterocycles. The maximum atomic E-state index is 11.7. The fourth-order valence-corrected chi connectivity index (χ4v) is 11.6. The summed E-state index contributed by atoms with van der Waals surface area (Å²) in [6, 6.07) is -39.7. The minimum atomic E-state index is -2.44. The van der Waals surface area contributed by atoms with Gasteiger partial charge in [0.2, 0.25) is 0 Å². The Morgan fingerprint density at radius 3 is 1.48 bits per heavy atom. The van der Waals surface area contributed by atoms with Gasteiger partial charge in [0.25, 0.3) is 6.71 Å². The number of furan rings is 1. The monoisotopic (exact) mass is 1190 g/mol. The van der Waals surface area contributed by atoms with Gasteiger partial charge in [-0.05, 0) is 181 Å². The average Bonchev–Trinajstić information content (AvgIpc) is 1.63. The van der Waals surface area contributed by atoms with Gasteiger partial charge in [-0.1, -0.05) is 192 Å². The Morgan fingerprint density at radius 1 is 0.348 bits per heavy atom. The van der Waals surface area contributed by atoms with E-state index in [9.17, 15) is 48.0 Å². The van der Waals surface area contributed by atoms with E-state index in [1.807, 2.05) is 0 Å². The van der Waals surface area contributed by atoms with E-state index in [1.165, 1.54) is 0 Å². The predicted octanol–water partition coefficient (Wildman–Crippen LogP) is 21.2. The first-order chi connectivity index (χ1) is 58.6. The molecular weight excluding hydrogens is 1080 g/mol. The molecule has 0 radical (unpaired) electrons. The summed E-state index contributed by atoms with van der Waals surface area (Å²) in [6.45, 7) is 16.6. The van der Waals surface area contributed by atoms with Crippen LogP contribution in [0.5, 0.6) is 0 Å². The molecule has 7 heteroatoms. The van der Waals surface area contributed by atoms with Crippen molar-refractivity contribution in [2.24, 2.45) is 0 Å². The van der Waals surface area contributed by atoms with E-state index in [0.29, 0.717) is 14.7 Å². The van der Waals surface area contributed by atoms with Gasteiger partial charge in [0.05, 0.1) is 96.9 Å². The number of benzene rings is 11. The van der Waals surface area contributed by atoms with Crippen LogP contribution in [0.2, 0.25) is 0 Å².